The third-order valence-corrected chi connectivity index (χ3v) is 5.12. The molecule has 2 aromatic carbocycles. The van der Waals surface area contributed by atoms with Crippen molar-refractivity contribution in [3.05, 3.63) is 64.8 Å². The number of nitrogens with one attached hydrogen (secondary N) is 1. The summed E-state index contributed by atoms with van der Waals surface area (Å²) in [7, 11) is -8.89. The van der Waals surface area contributed by atoms with Crippen molar-refractivity contribution in [2.45, 2.75) is 11.1 Å². The molecule has 0 aromatic heterocycles. The molecule has 146 valence electrons. The number of benzene rings is 2. The second kappa shape index (κ2) is 7.29. The van der Waals surface area contributed by atoms with Gasteiger partial charge in [0.25, 0.3) is 10.0 Å². The Bertz CT molecular complexity index is 1100. The number of nitrogens with two attached hydrogens (primary N) is 1. The van der Waals surface area contributed by atoms with E-state index in [1.807, 2.05) is 0 Å². The van der Waals surface area contributed by atoms with Crippen LogP contribution >= 0.6 is 0 Å². The Morgan fingerprint density at radius 2 is 1.63 bits per heavy atom. The molecule has 12 heteroatoms. The molecule has 0 aliphatic heterocycles. The molecule has 0 aliphatic carbocycles. The molecular formula is C15H12F4N2O4S2. The molecule has 3 N–H and O–H groups in total. The van der Waals surface area contributed by atoms with E-state index in [0.29, 0.717) is 11.5 Å². The van der Waals surface area contributed by atoms with Crippen molar-refractivity contribution in [2.75, 3.05) is 4.72 Å². The van der Waals surface area contributed by atoms with Crippen LogP contribution in [0.15, 0.2) is 52.8 Å². The molecule has 27 heavy (non-hydrogen) atoms. The lowest BCUT2D eigenvalue weighted by molar-refractivity contribution is -0.137. The lowest BCUT2D eigenvalue weighted by Gasteiger charge is -2.10. The van der Waals surface area contributed by atoms with Crippen molar-refractivity contribution < 1.29 is 34.4 Å². The molecule has 2 aromatic rings. The van der Waals surface area contributed by atoms with Gasteiger partial charge >= 0.3 is 6.18 Å². The van der Waals surface area contributed by atoms with E-state index < -0.39 is 48.2 Å². The molecule has 0 saturated heterocycles. The molecule has 0 atom stereocenters. The van der Waals surface area contributed by atoms with Crippen LogP contribution in [-0.2, 0) is 26.2 Å². The Kier molecular flexibility index (Phi) is 5.63. The number of halogens is 4. The fourth-order valence-corrected chi connectivity index (χ4v) is 3.67. The Hall–Kier alpha value is -2.44. The fourth-order valence-electron chi connectivity index (χ4n) is 2.00. The topological polar surface area (TPSA) is 106 Å². The van der Waals surface area contributed by atoms with Crippen LogP contribution in [0.1, 0.15) is 11.1 Å². The molecule has 0 unspecified atom stereocenters. The van der Waals surface area contributed by atoms with E-state index in [-0.39, 0.29) is 5.56 Å². The van der Waals surface area contributed by atoms with Gasteiger partial charge in [-0.1, -0.05) is 18.2 Å². The van der Waals surface area contributed by atoms with Gasteiger partial charge in [-0.3, -0.25) is 4.72 Å². The molecule has 2 rings (SSSR count). The third-order valence-electron chi connectivity index (χ3n) is 3.18. The van der Waals surface area contributed by atoms with Crippen LogP contribution in [0.2, 0.25) is 0 Å². The molecule has 6 nitrogen and oxygen atoms in total. The number of para-hydroxylation sites is 1. The van der Waals surface area contributed by atoms with Gasteiger partial charge in [0, 0.05) is 0 Å². The normalized spacial score (nSPS) is 13.1. The lowest BCUT2D eigenvalue weighted by Crippen LogP contribution is -2.18. The third kappa shape index (κ3) is 5.52. The van der Waals surface area contributed by atoms with Crippen LogP contribution in [-0.4, -0.2) is 16.8 Å². The summed E-state index contributed by atoms with van der Waals surface area (Å²) in [5.74, 6) is -1.20. The summed E-state index contributed by atoms with van der Waals surface area (Å²) < 4.78 is 101. The van der Waals surface area contributed by atoms with E-state index in [4.69, 9.17) is 5.14 Å². The fraction of sp³-hybridized carbons (Fsp3) is 0.0667. The van der Waals surface area contributed by atoms with E-state index >= 15 is 0 Å². The minimum Gasteiger partial charge on any atom is -0.276 e. The Balaban J connectivity index is 2.36. The van der Waals surface area contributed by atoms with Gasteiger partial charge in [0.2, 0.25) is 10.0 Å². The van der Waals surface area contributed by atoms with Crippen molar-refractivity contribution in [2.24, 2.45) is 5.14 Å². The first-order valence-corrected chi connectivity index (χ1v) is 10.1. The average Bonchev–Trinajstić information content (AvgIpc) is 2.53. The van der Waals surface area contributed by atoms with Crippen LogP contribution in [0.25, 0.3) is 6.08 Å². The predicted octanol–water partition coefficient (Wildman–Crippen LogP) is 2.90. The summed E-state index contributed by atoms with van der Waals surface area (Å²) in [6, 6.07) is 6.55. The molecule has 0 aliphatic rings. The van der Waals surface area contributed by atoms with Crippen LogP contribution in [0.4, 0.5) is 23.2 Å². The summed E-state index contributed by atoms with van der Waals surface area (Å²) >= 11 is 0. The zero-order chi connectivity index (χ0) is 20.5. The molecule has 0 radical (unpaired) electrons. The molecule has 0 saturated carbocycles. The minimum absolute atomic E-state index is 0.0876. The van der Waals surface area contributed by atoms with Crippen LogP contribution in [0.3, 0.4) is 0 Å². The largest absolute Gasteiger partial charge is 0.416 e. The first-order valence-electron chi connectivity index (χ1n) is 6.99. The van der Waals surface area contributed by atoms with E-state index in [9.17, 15) is 34.4 Å². The van der Waals surface area contributed by atoms with Crippen molar-refractivity contribution in [3.63, 3.8) is 0 Å². The van der Waals surface area contributed by atoms with Gasteiger partial charge in [0.1, 0.15) is 16.4 Å². The number of hydrogen-bond acceptors (Lipinski definition) is 4. The molecule has 0 amide bonds. The van der Waals surface area contributed by atoms with Gasteiger partial charge in [-0.2, -0.15) is 13.2 Å². The zero-order valence-electron chi connectivity index (χ0n) is 13.2. The maximum atomic E-state index is 13.9. The number of sulfonamides is 2. The van der Waals surface area contributed by atoms with Crippen molar-refractivity contribution in [3.8, 4) is 0 Å². The minimum atomic E-state index is -4.61. The van der Waals surface area contributed by atoms with E-state index in [0.717, 1.165) is 36.4 Å². The zero-order valence-corrected chi connectivity index (χ0v) is 14.9. The predicted molar refractivity (Wildman–Crippen MR) is 90.8 cm³/mol. The number of rotatable bonds is 5. The van der Waals surface area contributed by atoms with Crippen molar-refractivity contribution in [1.29, 1.82) is 0 Å². The Morgan fingerprint density at radius 3 is 2.22 bits per heavy atom. The standard InChI is InChI=1S/C15H12F4N2O4S2/c16-12-5-2-6-13(27(20,24)25)14(12)21-26(22,23)8-7-10-3-1-4-11(9-10)15(17,18)19/h1-9,21H,(H2,20,24,25)/b8-7+. The Morgan fingerprint density at radius 1 is 1.00 bits per heavy atom. The number of primary sulfonamides is 1. The van der Waals surface area contributed by atoms with Crippen molar-refractivity contribution in [1.82, 2.24) is 0 Å². The number of alkyl halides is 3. The summed E-state index contributed by atoms with van der Waals surface area (Å²) in [6.45, 7) is 0. The van der Waals surface area contributed by atoms with E-state index in [1.54, 1.807) is 4.72 Å². The monoisotopic (exact) mass is 424 g/mol. The van der Waals surface area contributed by atoms with Gasteiger partial charge in [-0.25, -0.2) is 26.4 Å². The molecule has 0 heterocycles. The highest BCUT2D eigenvalue weighted by Crippen LogP contribution is 2.30. The Labute approximate surface area is 152 Å². The van der Waals surface area contributed by atoms with Gasteiger partial charge in [-0.05, 0) is 35.9 Å². The maximum absolute atomic E-state index is 13.9. The first kappa shape index (κ1) is 20.9. The average molecular weight is 424 g/mol. The summed E-state index contributed by atoms with van der Waals surface area (Å²) in [5, 5.41) is 5.39. The highest BCUT2D eigenvalue weighted by atomic mass is 32.2. The summed E-state index contributed by atoms with van der Waals surface area (Å²) in [4.78, 5) is -0.793. The first-order chi connectivity index (χ1) is 12.3. The number of hydrogen-bond donors (Lipinski definition) is 2. The summed E-state index contributed by atoms with van der Waals surface area (Å²) in [6.07, 6.45) is -3.77. The molecule has 0 spiro atoms. The number of anilines is 1. The van der Waals surface area contributed by atoms with Crippen LogP contribution < -0.4 is 9.86 Å². The van der Waals surface area contributed by atoms with Crippen LogP contribution in [0, 0.1) is 5.82 Å². The highest BCUT2D eigenvalue weighted by Gasteiger charge is 2.30. The second-order valence-corrected chi connectivity index (χ2v) is 8.33. The second-order valence-electron chi connectivity index (χ2n) is 5.23. The van der Waals surface area contributed by atoms with Gasteiger partial charge in [0.15, 0.2) is 0 Å². The lowest BCUT2D eigenvalue weighted by atomic mass is 10.1. The molecule has 0 fully saturated rings. The van der Waals surface area contributed by atoms with E-state index in [2.05, 4.69) is 0 Å². The summed E-state index contributed by atoms with van der Waals surface area (Å²) in [5.41, 5.74) is -1.97. The van der Waals surface area contributed by atoms with Crippen LogP contribution in [0.5, 0.6) is 0 Å². The molecular weight excluding hydrogens is 412 g/mol. The van der Waals surface area contributed by atoms with Gasteiger partial charge < -0.3 is 0 Å². The van der Waals surface area contributed by atoms with Gasteiger partial charge in [0.05, 0.1) is 11.0 Å². The van der Waals surface area contributed by atoms with Gasteiger partial charge in [-0.15, -0.1) is 0 Å². The van der Waals surface area contributed by atoms with E-state index in [1.165, 1.54) is 6.07 Å². The smallest absolute Gasteiger partial charge is 0.276 e. The highest BCUT2D eigenvalue weighted by molar-refractivity contribution is 7.95. The van der Waals surface area contributed by atoms with Crippen molar-refractivity contribution >= 4 is 31.8 Å². The maximum Gasteiger partial charge on any atom is 0.416 e. The molecule has 0 bridgehead atoms. The SMILES string of the molecule is NS(=O)(=O)c1cccc(F)c1NS(=O)(=O)/C=C/c1cccc(C(F)(F)F)c1. The quantitative estimate of drug-likeness (QED) is 0.720.